The molecule has 0 aliphatic carbocycles. The Balaban J connectivity index is 1.44. The van der Waals surface area contributed by atoms with E-state index < -0.39 is 0 Å². The van der Waals surface area contributed by atoms with Gasteiger partial charge in [0, 0.05) is 50.5 Å². The van der Waals surface area contributed by atoms with Crippen LogP contribution in [0.15, 0.2) is 41.7 Å². The summed E-state index contributed by atoms with van der Waals surface area (Å²) in [6, 6.07) is 6.93. The highest BCUT2D eigenvalue weighted by Gasteiger charge is 2.24. The Kier molecular flexibility index (Phi) is 7.11. The molecule has 0 bridgehead atoms. The van der Waals surface area contributed by atoms with Gasteiger partial charge in [-0.25, -0.2) is 4.39 Å². The molecule has 0 saturated carbocycles. The van der Waals surface area contributed by atoms with Crippen LogP contribution >= 0.6 is 11.8 Å². The van der Waals surface area contributed by atoms with Crippen LogP contribution in [0, 0.1) is 5.82 Å². The molecule has 8 heteroatoms. The number of ether oxygens (including phenoxy) is 1. The predicted molar refractivity (Wildman–Crippen MR) is 107 cm³/mol. The number of aromatic nitrogens is 2. The number of morpholine rings is 1. The van der Waals surface area contributed by atoms with E-state index in [4.69, 9.17) is 4.74 Å². The molecule has 1 fully saturated rings. The maximum Gasteiger partial charge on any atom is 0.193 e. The number of nitrogens with zero attached hydrogens (tertiary/aromatic N) is 4. The molecule has 2 heterocycles. The number of guanidine groups is 1. The van der Waals surface area contributed by atoms with Gasteiger partial charge >= 0.3 is 0 Å². The van der Waals surface area contributed by atoms with Crippen LogP contribution in [0.3, 0.4) is 0 Å². The van der Waals surface area contributed by atoms with E-state index in [1.165, 1.54) is 6.07 Å². The van der Waals surface area contributed by atoms with Crippen LogP contribution in [0.1, 0.15) is 17.2 Å². The molecule has 1 aromatic carbocycles. The monoisotopic (exact) mass is 391 g/mol. The lowest BCUT2D eigenvalue weighted by atomic mass is 10.1. The SMILES string of the molecule is CN=C(NCCSCc1ccccc1F)N1CCOC(c2cnn(C)c2)C1. The Morgan fingerprint density at radius 1 is 1.44 bits per heavy atom. The summed E-state index contributed by atoms with van der Waals surface area (Å²) in [7, 11) is 3.70. The number of aliphatic imine (C=N–C) groups is 1. The first-order valence-electron chi connectivity index (χ1n) is 9.04. The third kappa shape index (κ3) is 5.46. The van der Waals surface area contributed by atoms with E-state index in [0.717, 1.165) is 42.5 Å². The van der Waals surface area contributed by atoms with Crippen LogP contribution in [-0.4, -0.2) is 59.7 Å². The van der Waals surface area contributed by atoms with E-state index in [0.29, 0.717) is 12.4 Å². The summed E-state index contributed by atoms with van der Waals surface area (Å²) < 4.78 is 21.3. The molecule has 3 rings (SSSR count). The average Bonchev–Trinajstić information content (AvgIpc) is 3.12. The summed E-state index contributed by atoms with van der Waals surface area (Å²) in [4.78, 5) is 6.61. The van der Waals surface area contributed by atoms with E-state index in [1.807, 2.05) is 31.6 Å². The zero-order valence-corrected chi connectivity index (χ0v) is 16.6. The van der Waals surface area contributed by atoms with Crippen molar-refractivity contribution >= 4 is 17.7 Å². The van der Waals surface area contributed by atoms with Gasteiger partial charge in [-0.3, -0.25) is 9.67 Å². The molecule has 1 aliphatic rings. The zero-order chi connectivity index (χ0) is 19.1. The fourth-order valence-electron chi connectivity index (χ4n) is 3.01. The van der Waals surface area contributed by atoms with Crippen molar-refractivity contribution < 1.29 is 9.13 Å². The fraction of sp³-hybridized carbons (Fsp3) is 0.474. The van der Waals surface area contributed by atoms with Gasteiger partial charge in [0.25, 0.3) is 0 Å². The summed E-state index contributed by atoms with van der Waals surface area (Å²) >= 11 is 1.71. The molecule has 1 aromatic heterocycles. The lowest BCUT2D eigenvalue weighted by molar-refractivity contribution is -0.00798. The summed E-state index contributed by atoms with van der Waals surface area (Å²) in [5.41, 5.74) is 1.83. The molecule has 2 aromatic rings. The van der Waals surface area contributed by atoms with E-state index in [-0.39, 0.29) is 11.9 Å². The Labute approximate surface area is 163 Å². The largest absolute Gasteiger partial charge is 0.370 e. The highest BCUT2D eigenvalue weighted by molar-refractivity contribution is 7.98. The van der Waals surface area contributed by atoms with Gasteiger partial charge in [-0.1, -0.05) is 18.2 Å². The minimum absolute atomic E-state index is 0.00132. The molecular weight excluding hydrogens is 365 g/mol. The van der Waals surface area contributed by atoms with Crippen LogP contribution in [0.25, 0.3) is 0 Å². The molecular formula is C19H26FN5OS. The predicted octanol–water partition coefficient (Wildman–Crippen LogP) is 2.44. The molecule has 146 valence electrons. The molecule has 1 unspecified atom stereocenters. The summed E-state index contributed by atoms with van der Waals surface area (Å²) in [5, 5.41) is 7.63. The number of benzene rings is 1. The standard InChI is InChI=1S/C19H26FN5OS/c1-21-19(22-7-10-27-14-15-5-3-4-6-17(15)20)25-8-9-26-18(13-25)16-11-23-24(2)12-16/h3-6,11-12,18H,7-10,13-14H2,1-2H3,(H,21,22). The van der Waals surface area contributed by atoms with E-state index in [1.54, 1.807) is 29.6 Å². The van der Waals surface area contributed by atoms with E-state index >= 15 is 0 Å². The second kappa shape index (κ2) is 9.75. The van der Waals surface area contributed by atoms with Crippen molar-refractivity contribution in [2.75, 3.05) is 39.0 Å². The normalized spacial score (nSPS) is 18.0. The number of halogens is 1. The van der Waals surface area contributed by atoms with Crippen LogP contribution in [0.4, 0.5) is 4.39 Å². The summed E-state index contributed by atoms with van der Waals surface area (Å²) in [6.07, 6.45) is 3.84. The molecule has 27 heavy (non-hydrogen) atoms. The number of rotatable bonds is 6. The summed E-state index contributed by atoms with van der Waals surface area (Å²) in [5.74, 6) is 2.29. The average molecular weight is 392 g/mol. The van der Waals surface area contributed by atoms with Gasteiger partial charge in [-0.05, 0) is 11.6 Å². The van der Waals surface area contributed by atoms with Crippen LogP contribution in [0.2, 0.25) is 0 Å². The fourth-order valence-corrected chi connectivity index (χ4v) is 3.86. The zero-order valence-electron chi connectivity index (χ0n) is 15.8. The van der Waals surface area contributed by atoms with Crippen LogP contribution < -0.4 is 5.32 Å². The molecule has 1 N–H and O–H groups in total. The van der Waals surface area contributed by atoms with Crippen molar-refractivity contribution in [3.63, 3.8) is 0 Å². The Morgan fingerprint density at radius 2 is 2.30 bits per heavy atom. The quantitative estimate of drug-likeness (QED) is 0.466. The second-order valence-corrected chi connectivity index (χ2v) is 7.48. The Bertz CT molecular complexity index is 766. The third-order valence-electron chi connectivity index (χ3n) is 4.42. The lowest BCUT2D eigenvalue weighted by Gasteiger charge is -2.34. The lowest BCUT2D eigenvalue weighted by Crippen LogP contribution is -2.48. The first-order chi connectivity index (χ1) is 13.2. The smallest absolute Gasteiger partial charge is 0.193 e. The van der Waals surface area contributed by atoms with Gasteiger partial charge in [0.1, 0.15) is 11.9 Å². The molecule has 0 radical (unpaired) electrons. The number of nitrogens with one attached hydrogen (secondary N) is 1. The molecule has 0 amide bonds. The van der Waals surface area contributed by atoms with Crippen molar-refractivity contribution in [3.05, 3.63) is 53.6 Å². The van der Waals surface area contributed by atoms with Crippen molar-refractivity contribution in [1.82, 2.24) is 20.0 Å². The van der Waals surface area contributed by atoms with Crippen LogP contribution in [0.5, 0.6) is 0 Å². The highest BCUT2D eigenvalue weighted by Crippen LogP contribution is 2.21. The Morgan fingerprint density at radius 3 is 3.04 bits per heavy atom. The van der Waals surface area contributed by atoms with Crippen molar-refractivity contribution in [2.24, 2.45) is 12.0 Å². The number of aryl methyl sites for hydroxylation is 1. The number of thioether (sulfide) groups is 1. The molecule has 1 atom stereocenters. The minimum atomic E-state index is -0.136. The van der Waals surface area contributed by atoms with Crippen LogP contribution in [-0.2, 0) is 17.5 Å². The van der Waals surface area contributed by atoms with Crippen molar-refractivity contribution in [3.8, 4) is 0 Å². The third-order valence-corrected chi connectivity index (χ3v) is 5.43. The number of hydrogen-bond acceptors (Lipinski definition) is 4. The van der Waals surface area contributed by atoms with Gasteiger partial charge in [0.05, 0.1) is 19.3 Å². The van der Waals surface area contributed by atoms with E-state index in [2.05, 4.69) is 20.3 Å². The van der Waals surface area contributed by atoms with Gasteiger partial charge < -0.3 is 15.0 Å². The van der Waals surface area contributed by atoms with Gasteiger partial charge in [-0.15, -0.1) is 0 Å². The second-order valence-electron chi connectivity index (χ2n) is 6.37. The first-order valence-corrected chi connectivity index (χ1v) is 10.2. The van der Waals surface area contributed by atoms with Gasteiger partial charge in [0.15, 0.2) is 5.96 Å². The first kappa shape index (κ1) is 19.7. The topological polar surface area (TPSA) is 54.7 Å². The molecule has 0 spiro atoms. The van der Waals surface area contributed by atoms with Gasteiger partial charge in [-0.2, -0.15) is 16.9 Å². The molecule has 1 saturated heterocycles. The molecule has 6 nitrogen and oxygen atoms in total. The number of hydrogen-bond donors (Lipinski definition) is 1. The minimum Gasteiger partial charge on any atom is -0.370 e. The maximum absolute atomic E-state index is 13.6. The van der Waals surface area contributed by atoms with Gasteiger partial charge in [0.2, 0.25) is 0 Å². The summed E-state index contributed by atoms with van der Waals surface area (Å²) in [6.45, 7) is 2.98. The highest BCUT2D eigenvalue weighted by atomic mass is 32.2. The van der Waals surface area contributed by atoms with Crippen molar-refractivity contribution in [2.45, 2.75) is 11.9 Å². The maximum atomic E-state index is 13.6. The Hall–Kier alpha value is -2.06. The van der Waals surface area contributed by atoms with E-state index in [9.17, 15) is 4.39 Å². The van der Waals surface area contributed by atoms with Crippen molar-refractivity contribution in [1.29, 1.82) is 0 Å². The molecule has 1 aliphatic heterocycles.